The molecule has 0 aliphatic rings. The van der Waals surface area contributed by atoms with Gasteiger partial charge in [0.05, 0.1) is 0 Å². The van der Waals surface area contributed by atoms with E-state index in [1.165, 1.54) is 18.2 Å². The Kier molecular flexibility index (Phi) is 4.43. The van der Waals surface area contributed by atoms with E-state index in [1.54, 1.807) is 24.3 Å². The molecule has 0 atom stereocenters. The molecule has 98 valence electrons. The Balaban J connectivity index is 2.08. The predicted octanol–water partition coefficient (Wildman–Crippen LogP) is 4.08. The van der Waals surface area contributed by atoms with E-state index in [1.807, 2.05) is 0 Å². The van der Waals surface area contributed by atoms with Crippen LogP contribution >= 0.6 is 15.9 Å². The molecule has 4 heteroatoms. The highest BCUT2D eigenvalue weighted by Gasteiger charge is 2.11. The number of halogens is 3. The lowest BCUT2D eigenvalue weighted by Gasteiger charge is -2.05. The average Bonchev–Trinajstić information content (AvgIpc) is 2.36. The van der Waals surface area contributed by atoms with Crippen molar-refractivity contribution in [2.75, 3.05) is 0 Å². The van der Waals surface area contributed by atoms with E-state index in [0.29, 0.717) is 15.6 Å². The van der Waals surface area contributed by atoms with E-state index in [2.05, 4.69) is 15.9 Å². The molecule has 2 aromatic rings. The van der Waals surface area contributed by atoms with E-state index in [9.17, 15) is 13.6 Å². The van der Waals surface area contributed by atoms with E-state index < -0.39 is 0 Å². The molecule has 0 saturated carbocycles. The summed E-state index contributed by atoms with van der Waals surface area (Å²) < 4.78 is 26.9. The topological polar surface area (TPSA) is 17.1 Å². The second kappa shape index (κ2) is 6.06. The van der Waals surface area contributed by atoms with Crippen LogP contribution in [0, 0.1) is 11.6 Å². The van der Waals surface area contributed by atoms with Crippen LogP contribution in [-0.2, 0) is 17.6 Å². The smallest absolute Gasteiger partial charge is 0.141 e. The van der Waals surface area contributed by atoms with Crippen molar-refractivity contribution in [2.24, 2.45) is 0 Å². The molecule has 0 spiro atoms. The van der Waals surface area contributed by atoms with Crippen LogP contribution in [0.4, 0.5) is 8.78 Å². The van der Waals surface area contributed by atoms with Crippen LogP contribution in [0.1, 0.15) is 11.1 Å². The fourth-order valence-corrected chi connectivity index (χ4v) is 2.29. The molecule has 0 heterocycles. The van der Waals surface area contributed by atoms with Gasteiger partial charge in [-0.2, -0.15) is 0 Å². The van der Waals surface area contributed by atoms with Gasteiger partial charge in [-0.15, -0.1) is 0 Å². The molecule has 0 N–H and O–H groups in total. The maximum absolute atomic E-state index is 13.4. The van der Waals surface area contributed by atoms with Crippen LogP contribution in [-0.4, -0.2) is 5.78 Å². The largest absolute Gasteiger partial charge is 0.299 e. The molecule has 0 aliphatic heterocycles. The highest BCUT2D eigenvalue weighted by atomic mass is 79.9. The maximum atomic E-state index is 13.4. The first-order chi connectivity index (χ1) is 9.06. The quantitative estimate of drug-likeness (QED) is 0.828. The van der Waals surface area contributed by atoms with Gasteiger partial charge in [0.1, 0.15) is 17.4 Å². The lowest BCUT2D eigenvalue weighted by Crippen LogP contribution is -2.08. The molecule has 0 saturated heterocycles. The number of benzene rings is 2. The minimum atomic E-state index is -0.381. The van der Waals surface area contributed by atoms with Crippen molar-refractivity contribution in [3.8, 4) is 0 Å². The third kappa shape index (κ3) is 3.70. The molecule has 0 amide bonds. The van der Waals surface area contributed by atoms with E-state index in [0.717, 1.165) is 0 Å². The number of ketones is 1. The van der Waals surface area contributed by atoms with Crippen molar-refractivity contribution in [3.63, 3.8) is 0 Å². The van der Waals surface area contributed by atoms with Gasteiger partial charge in [-0.05, 0) is 29.3 Å². The van der Waals surface area contributed by atoms with Crippen molar-refractivity contribution in [2.45, 2.75) is 12.8 Å². The Morgan fingerprint density at radius 1 is 1.00 bits per heavy atom. The first kappa shape index (κ1) is 13.9. The molecule has 2 aromatic carbocycles. The Hall–Kier alpha value is -1.55. The molecule has 0 aromatic heterocycles. The zero-order valence-electron chi connectivity index (χ0n) is 10.00. The number of carbonyl (C=O) groups excluding carboxylic acids is 1. The third-order valence-electron chi connectivity index (χ3n) is 2.75. The summed E-state index contributed by atoms with van der Waals surface area (Å²) >= 11 is 3.21. The van der Waals surface area contributed by atoms with Gasteiger partial charge in [-0.1, -0.05) is 40.2 Å². The van der Waals surface area contributed by atoms with Gasteiger partial charge >= 0.3 is 0 Å². The van der Waals surface area contributed by atoms with E-state index in [-0.39, 0.29) is 30.3 Å². The second-order valence-corrected chi connectivity index (χ2v) is 5.07. The minimum Gasteiger partial charge on any atom is -0.299 e. The molecule has 0 unspecified atom stereocenters. The van der Waals surface area contributed by atoms with Crippen molar-refractivity contribution in [1.82, 2.24) is 0 Å². The van der Waals surface area contributed by atoms with E-state index >= 15 is 0 Å². The minimum absolute atomic E-state index is 0.0382. The van der Waals surface area contributed by atoms with E-state index in [4.69, 9.17) is 0 Å². The van der Waals surface area contributed by atoms with Gasteiger partial charge in [0, 0.05) is 17.3 Å². The van der Waals surface area contributed by atoms with Crippen LogP contribution in [0.3, 0.4) is 0 Å². The summed E-state index contributed by atoms with van der Waals surface area (Å²) in [6.45, 7) is 0. The van der Waals surface area contributed by atoms with Gasteiger partial charge < -0.3 is 0 Å². The molecule has 2 rings (SSSR count). The normalized spacial score (nSPS) is 10.5. The van der Waals surface area contributed by atoms with Crippen LogP contribution < -0.4 is 0 Å². The van der Waals surface area contributed by atoms with Gasteiger partial charge in [0.2, 0.25) is 0 Å². The lowest BCUT2D eigenvalue weighted by molar-refractivity contribution is -0.117. The third-order valence-corrected chi connectivity index (χ3v) is 3.49. The summed E-state index contributed by atoms with van der Waals surface area (Å²) in [6, 6.07) is 10.4. The van der Waals surface area contributed by atoms with Crippen molar-refractivity contribution in [3.05, 3.63) is 69.7 Å². The summed E-state index contributed by atoms with van der Waals surface area (Å²) in [5, 5.41) is 0. The van der Waals surface area contributed by atoms with Crippen molar-refractivity contribution in [1.29, 1.82) is 0 Å². The zero-order valence-corrected chi connectivity index (χ0v) is 11.6. The van der Waals surface area contributed by atoms with Crippen LogP contribution in [0.5, 0.6) is 0 Å². The summed E-state index contributed by atoms with van der Waals surface area (Å²) in [4.78, 5) is 11.9. The van der Waals surface area contributed by atoms with Gasteiger partial charge in [-0.25, -0.2) is 8.78 Å². The number of hydrogen-bond acceptors (Lipinski definition) is 1. The fraction of sp³-hybridized carbons (Fsp3) is 0.133. The molecular formula is C15H11BrF2O. The van der Waals surface area contributed by atoms with Gasteiger partial charge in [-0.3, -0.25) is 4.79 Å². The summed E-state index contributed by atoms with van der Waals surface area (Å²) in [5.41, 5.74) is 1.08. The fourth-order valence-electron chi connectivity index (χ4n) is 1.79. The SMILES string of the molecule is O=C(Cc1ccccc1F)Cc1ccc(F)cc1Br. The van der Waals surface area contributed by atoms with Gasteiger partial charge in [0.25, 0.3) is 0 Å². The molecule has 0 radical (unpaired) electrons. The highest BCUT2D eigenvalue weighted by Crippen LogP contribution is 2.19. The first-order valence-corrected chi connectivity index (χ1v) is 6.54. The Morgan fingerprint density at radius 3 is 2.37 bits per heavy atom. The summed E-state index contributed by atoms with van der Waals surface area (Å²) in [7, 11) is 0. The molecule has 0 bridgehead atoms. The van der Waals surface area contributed by atoms with Crippen LogP contribution in [0.15, 0.2) is 46.9 Å². The van der Waals surface area contributed by atoms with Gasteiger partial charge in [0.15, 0.2) is 0 Å². The number of rotatable bonds is 4. The summed E-state index contributed by atoms with van der Waals surface area (Å²) in [5.74, 6) is -0.858. The number of carbonyl (C=O) groups is 1. The highest BCUT2D eigenvalue weighted by molar-refractivity contribution is 9.10. The Morgan fingerprint density at radius 2 is 1.68 bits per heavy atom. The number of Topliss-reactive ketones (excluding diaryl/α,β-unsaturated/α-hetero) is 1. The molecule has 0 fully saturated rings. The molecular weight excluding hydrogens is 314 g/mol. The molecule has 1 nitrogen and oxygen atoms in total. The zero-order chi connectivity index (χ0) is 13.8. The summed E-state index contributed by atoms with van der Waals surface area (Å²) in [6.07, 6.45) is 0.186. The maximum Gasteiger partial charge on any atom is 0.141 e. The molecule has 0 aliphatic carbocycles. The predicted molar refractivity (Wildman–Crippen MR) is 72.9 cm³/mol. The van der Waals surface area contributed by atoms with Crippen LogP contribution in [0.2, 0.25) is 0 Å². The molecule has 19 heavy (non-hydrogen) atoms. The lowest BCUT2D eigenvalue weighted by atomic mass is 10.0. The Bertz CT molecular complexity index is 611. The number of hydrogen-bond donors (Lipinski definition) is 0. The second-order valence-electron chi connectivity index (χ2n) is 4.22. The van der Waals surface area contributed by atoms with Crippen molar-refractivity contribution < 1.29 is 13.6 Å². The van der Waals surface area contributed by atoms with Crippen LogP contribution in [0.25, 0.3) is 0 Å². The van der Waals surface area contributed by atoms with Crippen molar-refractivity contribution >= 4 is 21.7 Å². The standard InChI is InChI=1S/C15H11BrF2O/c16-14-9-12(17)6-5-10(14)7-13(19)8-11-3-1-2-4-15(11)18/h1-6,9H,7-8H2. The average molecular weight is 325 g/mol. The first-order valence-electron chi connectivity index (χ1n) is 5.75. The Labute approximate surface area is 118 Å². The monoisotopic (exact) mass is 324 g/mol.